The maximum Gasteiger partial charge on any atom is 0.308 e. The van der Waals surface area contributed by atoms with E-state index in [2.05, 4.69) is 6.58 Å². The van der Waals surface area contributed by atoms with E-state index in [0.717, 1.165) is 11.1 Å². The van der Waals surface area contributed by atoms with E-state index in [9.17, 15) is 4.79 Å². The molecule has 0 aliphatic rings. The molecule has 0 heterocycles. The lowest BCUT2D eigenvalue weighted by Crippen LogP contribution is -2.37. The number of esters is 1. The summed E-state index contributed by atoms with van der Waals surface area (Å²) in [6.45, 7) is 10.4. The van der Waals surface area contributed by atoms with Crippen molar-refractivity contribution in [3.8, 4) is 0 Å². The molecule has 0 fully saturated rings. The van der Waals surface area contributed by atoms with Crippen molar-refractivity contribution < 1.29 is 14.3 Å². The van der Waals surface area contributed by atoms with Gasteiger partial charge in [-0.2, -0.15) is 0 Å². The molecule has 6 nitrogen and oxygen atoms in total. The van der Waals surface area contributed by atoms with Crippen LogP contribution in [0.5, 0.6) is 0 Å². The van der Waals surface area contributed by atoms with Gasteiger partial charge in [-0.05, 0) is 38.8 Å². The van der Waals surface area contributed by atoms with Crippen molar-refractivity contribution >= 4 is 11.8 Å². The van der Waals surface area contributed by atoms with Crippen LogP contribution >= 0.6 is 0 Å². The smallest absolute Gasteiger partial charge is 0.308 e. The summed E-state index contributed by atoms with van der Waals surface area (Å²) in [5, 5.41) is 9.40. The molecule has 3 N–H and O–H groups in total. The van der Waals surface area contributed by atoms with Crippen LogP contribution in [-0.2, 0) is 20.7 Å². The predicted molar refractivity (Wildman–Crippen MR) is 99.3 cm³/mol. The third kappa shape index (κ3) is 8.47. The van der Waals surface area contributed by atoms with Gasteiger partial charge < -0.3 is 9.47 Å². The summed E-state index contributed by atoms with van der Waals surface area (Å²) < 4.78 is 10.7. The van der Waals surface area contributed by atoms with Crippen LogP contribution in [-0.4, -0.2) is 42.2 Å². The maximum atomic E-state index is 11.6. The van der Waals surface area contributed by atoms with E-state index in [0.29, 0.717) is 26.2 Å². The lowest BCUT2D eigenvalue weighted by atomic mass is 10.1. The molecular formula is C19H29N3O3. The number of rotatable bonds is 9. The third-order valence-electron chi connectivity index (χ3n) is 3.22. The fourth-order valence-electron chi connectivity index (χ4n) is 2.11. The second-order valence-corrected chi connectivity index (χ2v) is 6.69. The minimum absolute atomic E-state index is 0.242. The van der Waals surface area contributed by atoms with Gasteiger partial charge in [0.25, 0.3) is 0 Å². The van der Waals surface area contributed by atoms with Crippen molar-refractivity contribution in [2.75, 3.05) is 19.8 Å². The maximum absolute atomic E-state index is 11.6. The zero-order valence-electron chi connectivity index (χ0n) is 15.4. The number of carbonyl (C=O) groups is 1. The van der Waals surface area contributed by atoms with Crippen LogP contribution in [0.1, 0.15) is 38.3 Å². The molecule has 0 bridgehead atoms. The molecule has 0 radical (unpaired) electrons. The minimum atomic E-state index is -0.468. The Labute approximate surface area is 150 Å². The molecule has 138 valence electrons. The van der Waals surface area contributed by atoms with Gasteiger partial charge in [-0.1, -0.05) is 24.3 Å². The van der Waals surface area contributed by atoms with Crippen LogP contribution in [0.15, 0.2) is 36.9 Å². The van der Waals surface area contributed by atoms with Crippen LogP contribution in [0, 0.1) is 5.41 Å². The fourth-order valence-corrected chi connectivity index (χ4v) is 2.11. The van der Waals surface area contributed by atoms with Gasteiger partial charge >= 0.3 is 5.97 Å². The number of nitrogens with one attached hydrogen (secondary N) is 1. The van der Waals surface area contributed by atoms with Crippen molar-refractivity contribution in [1.82, 2.24) is 5.01 Å². The quantitative estimate of drug-likeness (QED) is 0.136. The summed E-state index contributed by atoms with van der Waals surface area (Å²) in [6, 6.07) is 7.63. The van der Waals surface area contributed by atoms with Crippen molar-refractivity contribution in [2.45, 2.75) is 39.2 Å². The summed E-state index contributed by atoms with van der Waals surface area (Å²) in [6.07, 6.45) is 2.59. The molecule has 0 amide bonds. The fraction of sp³-hybridized carbons (Fsp3) is 0.474. The van der Waals surface area contributed by atoms with Gasteiger partial charge in [0.1, 0.15) is 11.4 Å². The van der Waals surface area contributed by atoms with Crippen molar-refractivity contribution in [1.29, 1.82) is 5.41 Å². The largest absolute Gasteiger partial charge is 0.460 e. The summed E-state index contributed by atoms with van der Waals surface area (Å²) >= 11 is 0. The molecule has 0 aliphatic heterocycles. The predicted octanol–water partition coefficient (Wildman–Crippen LogP) is 2.66. The molecule has 6 heteroatoms. The summed E-state index contributed by atoms with van der Waals surface area (Å²) in [7, 11) is 0. The molecule has 25 heavy (non-hydrogen) atoms. The Kier molecular flexibility index (Phi) is 8.31. The average molecular weight is 347 g/mol. The van der Waals surface area contributed by atoms with Crippen LogP contribution in [0.3, 0.4) is 0 Å². The van der Waals surface area contributed by atoms with Crippen LogP contribution in [0.25, 0.3) is 0 Å². The second kappa shape index (κ2) is 9.96. The summed E-state index contributed by atoms with van der Waals surface area (Å²) in [5.74, 6) is 5.78. The molecule has 0 spiro atoms. The standard InChI is InChI=1S/C19H29N3O3/c1-5-11-22(21)18(20)16-8-6-7-15(14-16)9-12-24-13-10-17(23)25-19(2,3)4/h5-8,14,20H,1,9-13,21H2,2-4H3. The number of amidine groups is 1. The van der Waals surface area contributed by atoms with Gasteiger partial charge in [-0.3, -0.25) is 15.2 Å². The number of nitrogens with zero attached hydrogens (tertiary/aromatic N) is 1. The molecule has 0 saturated heterocycles. The molecule has 0 saturated carbocycles. The van der Waals surface area contributed by atoms with Crippen LogP contribution in [0.4, 0.5) is 0 Å². The normalized spacial score (nSPS) is 11.0. The summed E-state index contributed by atoms with van der Waals surface area (Å²) in [4.78, 5) is 11.6. The first-order valence-corrected chi connectivity index (χ1v) is 8.33. The topological polar surface area (TPSA) is 88.6 Å². The molecule has 1 rings (SSSR count). The highest BCUT2D eigenvalue weighted by Crippen LogP contribution is 2.10. The Hall–Kier alpha value is -2.18. The van der Waals surface area contributed by atoms with E-state index in [1.54, 1.807) is 6.08 Å². The highest BCUT2D eigenvalue weighted by atomic mass is 16.6. The molecule has 0 aliphatic carbocycles. The van der Waals surface area contributed by atoms with Gasteiger partial charge in [0.15, 0.2) is 0 Å². The van der Waals surface area contributed by atoms with E-state index in [1.807, 2.05) is 45.0 Å². The van der Waals surface area contributed by atoms with E-state index in [4.69, 9.17) is 20.7 Å². The third-order valence-corrected chi connectivity index (χ3v) is 3.22. The number of benzene rings is 1. The Morgan fingerprint density at radius 2 is 2.08 bits per heavy atom. The zero-order chi connectivity index (χ0) is 18.9. The molecule has 0 unspecified atom stereocenters. The van der Waals surface area contributed by atoms with Gasteiger partial charge in [-0.15, -0.1) is 6.58 Å². The number of hydrogen-bond donors (Lipinski definition) is 2. The van der Waals surface area contributed by atoms with Crippen molar-refractivity contribution in [2.24, 2.45) is 5.84 Å². The van der Waals surface area contributed by atoms with Crippen molar-refractivity contribution in [3.05, 3.63) is 48.0 Å². The Balaban J connectivity index is 2.39. The minimum Gasteiger partial charge on any atom is -0.460 e. The van der Waals surface area contributed by atoms with Crippen LogP contribution in [0.2, 0.25) is 0 Å². The first-order chi connectivity index (χ1) is 11.7. The monoisotopic (exact) mass is 347 g/mol. The zero-order valence-corrected chi connectivity index (χ0v) is 15.4. The van der Waals surface area contributed by atoms with Gasteiger partial charge in [0.05, 0.1) is 26.2 Å². The molecule has 1 aromatic rings. The van der Waals surface area contributed by atoms with Gasteiger partial charge in [0, 0.05) is 5.56 Å². The highest BCUT2D eigenvalue weighted by molar-refractivity contribution is 5.96. The number of nitrogens with two attached hydrogens (primary N) is 1. The van der Waals surface area contributed by atoms with Gasteiger partial charge in [-0.25, -0.2) is 5.84 Å². The SMILES string of the molecule is C=CCN(N)C(=N)c1cccc(CCOCCC(=O)OC(C)(C)C)c1. The van der Waals surface area contributed by atoms with E-state index >= 15 is 0 Å². The first-order valence-electron chi connectivity index (χ1n) is 8.33. The molecular weight excluding hydrogens is 318 g/mol. The molecule has 0 atom stereocenters. The van der Waals surface area contributed by atoms with E-state index in [1.165, 1.54) is 5.01 Å². The number of carbonyl (C=O) groups excluding carboxylic acids is 1. The number of ether oxygens (including phenoxy) is 2. The van der Waals surface area contributed by atoms with E-state index in [-0.39, 0.29) is 18.2 Å². The number of hydrogen-bond acceptors (Lipinski definition) is 5. The second-order valence-electron chi connectivity index (χ2n) is 6.69. The highest BCUT2D eigenvalue weighted by Gasteiger charge is 2.15. The van der Waals surface area contributed by atoms with E-state index < -0.39 is 5.60 Å². The Morgan fingerprint density at radius 3 is 2.72 bits per heavy atom. The Morgan fingerprint density at radius 1 is 1.36 bits per heavy atom. The van der Waals surface area contributed by atoms with Crippen molar-refractivity contribution in [3.63, 3.8) is 0 Å². The Bertz CT molecular complexity index is 594. The molecule has 0 aromatic heterocycles. The lowest BCUT2D eigenvalue weighted by molar-refractivity contribution is -0.156. The average Bonchev–Trinajstić information content (AvgIpc) is 2.52. The summed E-state index contributed by atoms with van der Waals surface area (Å²) in [5.41, 5.74) is 1.33. The van der Waals surface area contributed by atoms with Gasteiger partial charge in [0.2, 0.25) is 0 Å². The van der Waals surface area contributed by atoms with Crippen LogP contribution < -0.4 is 5.84 Å². The molecule has 1 aromatic carbocycles. The first kappa shape index (κ1) is 20.9. The lowest BCUT2D eigenvalue weighted by Gasteiger charge is -2.19. The number of hydrazine groups is 1.